The summed E-state index contributed by atoms with van der Waals surface area (Å²) in [4.78, 5) is 29.4. The predicted octanol–water partition coefficient (Wildman–Crippen LogP) is -11.6. The van der Waals surface area contributed by atoms with Gasteiger partial charge in [0.05, 0.1) is 27.1 Å². The smallest absolute Gasteiger partial charge is 0.550 e. The molecule has 0 radical (unpaired) electrons. The molecule has 0 heterocycles. The van der Waals surface area contributed by atoms with Gasteiger partial charge in [-0.15, -0.1) is 0 Å². The Morgan fingerprint density at radius 3 is 1.55 bits per heavy atom. The van der Waals surface area contributed by atoms with E-state index in [2.05, 4.69) is 0 Å². The van der Waals surface area contributed by atoms with Gasteiger partial charge in [0.2, 0.25) is 0 Å². The number of nitrogens with two attached hydrogens (primary N) is 1. The predicted molar refractivity (Wildman–Crippen MR) is 61.1 cm³/mol. The number of hydrogen-bond donors (Lipinski definition) is 2. The minimum atomic E-state index is -1.58. The van der Waals surface area contributed by atoms with Gasteiger partial charge in [-0.1, -0.05) is 0 Å². The maximum Gasteiger partial charge on any atom is 1.00 e. The number of carbonyl (C=O) groups excluding carboxylic acids is 3. The molecule has 2 atom stereocenters. The summed E-state index contributed by atoms with van der Waals surface area (Å²) in [6.45, 7) is 0.425. The van der Waals surface area contributed by atoms with Gasteiger partial charge in [0, 0.05) is 30.8 Å². The number of aliphatic carboxylic acids is 3. The van der Waals surface area contributed by atoms with E-state index in [0.717, 1.165) is 0 Å². The summed E-state index contributed by atoms with van der Waals surface area (Å²) in [5.41, 5.74) is 4.73. The average Bonchev–Trinajstić information content (AvgIpc) is 2.12. The van der Waals surface area contributed by atoms with Crippen molar-refractivity contribution in [2.75, 3.05) is 27.7 Å². The SMILES string of the molecule is C[N+](C)(C)C[C@H](O)CC(=O)[O-].N[C@@H](CC(=O)[O-])C(=O)[O-].[K+].[K+]. The van der Waals surface area contributed by atoms with E-state index in [-0.39, 0.29) is 109 Å². The van der Waals surface area contributed by atoms with Gasteiger partial charge in [-0.2, -0.15) is 0 Å². The first kappa shape index (κ1) is 31.3. The van der Waals surface area contributed by atoms with Crippen LogP contribution in [0.15, 0.2) is 0 Å². The minimum Gasteiger partial charge on any atom is -0.550 e. The van der Waals surface area contributed by atoms with Crippen LogP contribution in [0.3, 0.4) is 0 Å². The largest absolute Gasteiger partial charge is 1.00 e. The van der Waals surface area contributed by atoms with Crippen molar-refractivity contribution in [2.45, 2.75) is 25.0 Å². The standard InChI is InChI=1S/C7H15NO3.C4H7NO4.2K/c1-8(2,3)5-6(9)4-7(10)11;5-2(4(8)9)1-3(6)7;;/h6,9H,4-5H2,1-3H3;2H,1,5H2,(H,6,7)(H,8,9);;/q;;2*+1/p-2/t6-;2-;;/m10../s1. The molecule has 22 heavy (non-hydrogen) atoms. The van der Waals surface area contributed by atoms with Crippen molar-refractivity contribution in [3.8, 4) is 0 Å². The van der Waals surface area contributed by atoms with E-state index in [9.17, 15) is 29.7 Å². The molecule has 0 aliphatic heterocycles. The molecule has 118 valence electrons. The van der Waals surface area contributed by atoms with Crippen molar-refractivity contribution in [1.82, 2.24) is 0 Å². The van der Waals surface area contributed by atoms with Gasteiger partial charge in [0.25, 0.3) is 0 Å². The maximum absolute atomic E-state index is 10.0. The summed E-state index contributed by atoms with van der Waals surface area (Å²) >= 11 is 0. The summed E-state index contributed by atoms with van der Waals surface area (Å²) in [5.74, 6) is -4.28. The molecule has 0 aromatic carbocycles. The number of aliphatic hydroxyl groups excluding tert-OH is 1. The van der Waals surface area contributed by atoms with E-state index in [1.54, 1.807) is 0 Å². The zero-order valence-electron chi connectivity index (χ0n) is 13.7. The number of likely N-dealkylation sites (N-methyl/N-ethyl adjacent to an activating group) is 1. The van der Waals surface area contributed by atoms with Crippen LogP contribution in [0.4, 0.5) is 0 Å². The van der Waals surface area contributed by atoms with Crippen LogP contribution in [0.1, 0.15) is 12.8 Å². The van der Waals surface area contributed by atoms with E-state index in [1.807, 2.05) is 21.1 Å². The summed E-state index contributed by atoms with van der Waals surface area (Å²) in [6, 6.07) is -1.46. The van der Waals surface area contributed by atoms with Crippen LogP contribution < -0.4 is 124 Å². The first-order valence-corrected chi connectivity index (χ1v) is 5.69. The maximum atomic E-state index is 10.0. The molecule has 3 N–H and O–H groups in total. The average molecular weight is 370 g/mol. The molecular formula is C11H20K2N2O7. The van der Waals surface area contributed by atoms with E-state index in [0.29, 0.717) is 11.0 Å². The van der Waals surface area contributed by atoms with Gasteiger partial charge in [-0.05, 0) is 0 Å². The molecule has 0 saturated carbocycles. The second-order valence-corrected chi connectivity index (χ2v) is 5.20. The Balaban J connectivity index is -0.000000137. The van der Waals surface area contributed by atoms with Crippen molar-refractivity contribution in [2.24, 2.45) is 5.73 Å². The van der Waals surface area contributed by atoms with Crippen LogP contribution in [0.5, 0.6) is 0 Å². The van der Waals surface area contributed by atoms with Gasteiger partial charge in [0.15, 0.2) is 0 Å². The van der Waals surface area contributed by atoms with Crippen molar-refractivity contribution >= 4 is 17.9 Å². The molecule has 0 aromatic heterocycles. The fraction of sp³-hybridized carbons (Fsp3) is 0.727. The zero-order chi connectivity index (χ0) is 16.5. The molecule has 0 aliphatic rings. The minimum absolute atomic E-state index is 0. The Bertz CT molecular complexity index is 348. The molecule has 0 unspecified atom stereocenters. The number of rotatable bonds is 7. The molecule has 9 nitrogen and oxygen atoms in total. The Kier molecular flexibility index (Phi) is 22.9. The van der Waals surface area contributed by atoms with E-state index in [4.69, 9.17) is 10.8 Å². The van der Waals surface area contributed by atoms with Gasteiger partial charge in [-0.3, -0.25) is 0 Å². The van der Waals surface area contributed by atoms with Crippen molar-refractivity contribution < 1.29 is 142 Å². The summed E-state index contributed by atoms with van der Waals surface area (Å²) < 4.78 is 0.550. The van der Waals surface area contributed by atoms with Crippen LogP contribution in [0.2, 0.25) is 0 Å². The van der Waals surface area contributed by atoms with E-state index >= 15 is 0 Å². The number of carboxylic acids is 3. The van der Waals surface area contributed by atoms with Crippen LogP contribution >= 0.6 is 0 Å². The summed E-state index contributed by atoms with van der Waals surface area (Å²) in [7, 11) is 5.66. The molecule has 0 spiro atoms. The zero-order valence-corrected chi connectivity index (χ0v) is 19.9. The molecule has 0 aliphatic carbocycles. The fourth-order valence-corrected chi connectivity index (χ4v) is 1.15. The third-order valence-electron chi connectivity index (χ3n) is 1.85. The first-order chi connectivity index (χ1) is 8.85. The van der Waals surface area contributed by atoms with Gasteiger partial charge in [0.1, 0.15) is 12.6 Å². The molecular weight excluding hydrogens is 350 g/mol. The van der Waals surface area contributed by atoms with E-state index < -0.39 is 36.5 Å². The van der Waals surface area contributed by atoms with Gasteiger partial charge >= 0.3 is 103 Å². The van der Waals surface area contributed by atoms with Crippen molar-refractivity contribution in [3.63, 3.8) is 0 Å². The number of aliphatic hydroxyl groups is 1. The third kappa shape index (κ3) is 26.5. The Morgan fingerprint density at radius 2 is 1.36 bits per heavy atom. The number of quaternary nitrogens is 1. The van der Waals surface area contributed by atoms with Crippen LogP contribution in [0.25, 0.3) is 0 Å². The normalized spacial score (nSPS) is 12.4. The molecule has 0 amide bonds. The van der Waals surface area contributed by atoms with Gasteiger partial charge in [-0.25, -0.2) is 0 Å². The summed E-state index contributed by atoms with van der Waals surface area (Å²) in [5, 5.41) is 38.5. The van der Waals surface area contributed by atoms with Crippen molar-refractivity contribution in [1.29, 1.82) is 0 Å². The molecule has 0 fully saturated rings. The molecule has 0 aromatic rings. The topological polar surface area (TPSA) is 167 Å². The fourth-order valence-electron chi connectivity index (χ4n) is 1.15. The Hall–Kier alpha value is 1.56. The number of hydrogen-bond acceptors (Lipinski definition) is 8. The first-order valence-electron chi connectivity index (χ1n) is 5.69. The molecule has 0 bridgehead atoms. The second kappa shape index (κ2) is 16.1. The van der Waals surface area contributed by atoms with Crippen molar-refractivity contribution in [3.05, 3.63) is 0 Å². The van der Waals surface area contributed by atoms with Crippen LogP contribution in [-0.2, 0) is 14.4 Å². The molecule has 0 rings (SSSR count). The molecule has 0 saturated heterocycles. The Morgan fingerprint density at radius 1 is 1.00 bits per heavy atom. The molecule has 11 heteroatoms. The number of carboxylic acid groups (broad SMARTS) is 3. The monoisotopic (exact) mass is 370 g/mol. The number of carbonyl (C=O) groups is 3. The number of nitrogens with zero attached hydrogens (tertiary/aromatic N) is 1. The van der Waals surface area contributed by atoms with Crippen LogP contribution in [-0.4, -0.2) is 67.3 Å². The second-order valence-electron chi connectivity index (χ2n) is 5.20. The Labute approximate surface area is 214 Å². The van der Waals surface area contributed by atoms with E-state index in [1.165, 1.54) is 0 Å². The third-order valence-corrected chi connectivity index (χ3v) is 1.85. The van der Waals surface area contributed by atoms with Gasteiger partial charge < -0.3 is 45.0 Å². The quantitative estimate of drug-likeness (QED) is 0.329. The van der Waals surface area contributed by atoms with Crippen LogP contribution in [0, 0.1) is 0 Å². The summed E-state index contributed by atoms with van der Waals surface area (Å²) in [6.07, 6.45) is -1.79.